The minimum absolute atomic E-state index is 0.288. The summed E-state index contributed by atoms with van der Waals surface area (Å²) in [5.74, 6) is 0. The topological polar surface area (TPSA) is 55.0 Å². The van der Waals surface area contributed by atoms with Crippen LogP contribution in [0.3, 0.4) is 0 Å². The van der Waals surface area contributed by atoms with Gasteiger partial charge in [0.05, 0.1) is 27.5 Å². The van der Waals surface area contributed by atoms with Crippen LogP contribution >= 0.6 is 34.9 Å². The molecule has 0 radical (unpaired) electrons. The largest absolute Gasteiger partial charge is 0.368 e. The Morgan fingerprint density at radius 2 is 1.83 bits per heavy atom. The number of benzene rings is 1. The maximum absolute atomic E-state index is 6.31. The predicted molar refractivity (Wildman–Crippen MR) is 76.9 cm³/mol. The third kappa shape index (κ3) is 2.05. The van der Waals surface area contributed by atoms with E-state index >= 15 is 0 Å². The number of nitrogens with zero attached hydrogens (tertiary/aromatic N) is 3. The van der Waals surface area contributed by atoms with Gasteiger partial charge in [0.2, 0.25) is 0 Å². The molecule has 4 nitrogen and oxygen atoms in total. The van der Waals surface area contributed by atoms with Crippen molar-refractivity contribution < 1.29 is 0 Å². The van der Waals surface area contributed by atoms with Crippen molar-refractivity contribution in [2.45, 2.75) is 18.9 Å². The van der Waals surface area contributed by atoms with E-state index in [-0.39, 0.29) is 6.04 Å². The van der Waals surface area contributed by atoms with Gasteiger partial charge in [0.25, 0.3) is 0 Å². The lowest BCUT2D eigenvalue weighted by Crippen LogP contribution is -2.39. The number of halogens is 2. The fourth-order valence-corrected chi connectivity index (χ4v) is 3.51. The van der Waals surface area contributed by atoms with E-state index in [1.165, 1.54) is 0 Å². The van der Waals surface area contributed by atoms with E-state index < -0.39 is 0 Å². The van der Waals surface area contributed by atoms with Gasteiger partial charge in [-0.15, -0.1) is 0 Å². The van der Waals surface area contributed by atoms with E-state index in [0.29, 0.717) is 10.0 Å². The normalized spacial score (nSPS) is 17.6. The second kappa shape index (κ2) is 4.81. The van der Waals surface area contributed by atoms with Gasteiger partial charge in [0, 0.05) is 19.1 Å². The lowest BCUT2D eigenvalue weighted by atomic mass is 10.1. The van der Waals surface area contributed by atoms with E-state index in [1.54, 1.807) is 6.07 Å². The molecule has 0 aliphatic carbocycles. The highest BCUT2D eigenvalue weighted by Gasteiger charge is 2.23. The van der Waals surface area contributed by atoms with Crippen LogP contribution in [-0.4, -0.2) is 27.9 Å². The van der Waals surface area contributed by atoms with Crippen LogP contribution in [0.1, 0.15) is 12.8 Å². The van der Waals surface area contributed by atoms with E-state index in [1.807, 2.05) is 0 Å². The van der Waals surface area contributed by atoms with Crippen LogP contribution in [0, 0.1) is 0 Å². The summed E-state index contributed by atoms with van der Waals surface area (Å²) in [4.78, 5) is 2.23. The molecular formula is C11H12Cl2N4S. The van der Waals surface area contributed by atoms with Crippen molar-refractivity contribution in [2.75, 3.05) is 18.0 Å². The Bertz CT molecular complexity index is 578. The fraction of sp³-hybridized carbons (Fsp3) is 0.455. The van der Waals surface area contributed by atoms with Gasteiger partial charge in [-0.1, -0.05) is 23.2 Å². The number of rotatable bonds is 1. The summed E-state index contributed by atoms with van der Waals surface area (Å²) in [6.07, 6.45) is 1.94. The van der Waals surface area contributed by atoms with E-state index in [9.17, 15) is 0 Å². The van der Waals surface area contributed by atoms with Gasteiger partial charge in [0.15, 0.2) is 0 Å². The van der Waals surface area contributed by atoms with Gasteiger partial charge < -0.3 is 10.6 Å². The van der Waals surface area contributed by atoms with E-state index in [2.05, 4.69) is 13.6 Å². The third-order valence-electron chi connectivity index (χ3n) is 3.27. The number of fused-ring (bicyclic) bond motifs is 1. The zero-order valence-corrected chi connectivity index (χ0v) is 11.9. The molecule has 96 valence electrons. The summed E-state index contributed by atoms with van der Waals surface area (Å²) < 4.78 is 8.54. The summed E-state index contributed by atoms with van der Waals surface area (Å²) >= 11 is 13.6. The van der Waals surface area contributed by atoms with E-state index in [4.69, 9.17) is 28.9 Å². The minimum atomic E-state index is 0.288. The van der Waals surface area contributed by atoms with Crippen molar-refractivity contribution in [3.63, 3.8) is 0 Å². The van der Waals surface area contributed by atoms with Crippen molar-refractivity contribution in [1.82, 2.24) is 8.75 Å². The van der Waals surface area contributed by atoms with Crippen molar-refractivity contribution in [1.29, 1.82) is 0 Å². The lowest BCUT2D eigenvalue weighted by molar-refractivity contribution is 0.502. The molecule has 2 aromatic rings. The Kier molecular flexibility index (Phi) is 3.32. The number of piperidine rings is 1. The second-order valence-corrected chi connectivity index (χ2v) is 5.82. The summed E-state index contributed by atoms with van der Waals surface area (Å²) in [6, 6.07) is 2.04. The Hall–Kier alpha value is -0.620. The summed E-state index contributed by atoms with van der Waals surface area (Å²) in [5, 5.41) is 1.19. The van der Waals surface area contributed by atoms with Crippen molar-refractivity contribution in [2.24, 2.45) is 5.73 Å². The highest BCUT2D eigenvalue weighted by molar-refractivity contribution is 7.00. The van der Waals surface area contributed by atoms with Crippen molar-refractivity contribution in [3.8, 4) is 0 Å². The minimum Gasteiger partial charge on any atom is -0.368 e. The standard InChI is InChI=1S/C11H12Cl2N4S/c12-7-5-8(13)11(10-9(7)15-18-16-10)17-3-1-6(14)2-4-17/h5-6H,1-4,14H2. The highest BCUT2D eigenvalue weighted by Crippen LogP contribution is 2.38. The first-order valence-electron chi connectivity index (χ1n) is 5.77. The molecule has 1 aromatic carbocycles. The molecule has 0 saturated carbocycles. The molecule has 7 heteroatoms. The van der Waals surface area contributed by atoms with Crippen LogP contribution in [-0.2, 0) is 0 Å². The number of hydrogen-bond donors (Lipinski definition) is 1. The van der Waals surface area contributed by atoms with Crippen molar-refractivity contribution >= 4 is 51.7 Å². The average Bonchev–Trinajstić information content (AvgIpc) is 2.81. The fourth-order valence-electron chi connectivity index (χ4n) is 2.29. The predicted octanol–water partition coefficient (Wildman–Crippen LogP) is 2.93. The molecule has 2 N–H and O–H groups in total. The van der Waals surface area contributed by atoms with E-state index in [0.717, 1.165) is 54.4 Å². The third-order valence-corrected chi connectivity index (χ3v) is 4.38. The molecule has 0 bridgehead atoms. The summed E-state index contributed by atoms with van der Waals surface area (Å²) in [5.41, 5.74) is 8.40. The monoisotopic (exact) mass is 302 g/mol. The molecule has 3 rings (SSSR count). The maximum Gasteiger partial charge on any atom is 0.131 e. The summed E-state index contributed by atoms with van der Waals surface area (Å²) in [6.45, 7) is 1.80. The first-order valence-corrected chi connectivity index (χ1v) is 7.26. The Morgan fingerprint density at radius 3 is 2.56 bits per heavy atom. The molecule has 1 aliphatic rings. The molecule has 0 atom stereocenters. The number of hydrogen-bond acceptors (Lipinski definition) is 5. The average molecular weight is 303 g/mol. The molecule has 1 aliphatic heterocycles. The van der Waals surface area contributed by atoms with Gasteiger partial charge in [-0.25, -0.2) is 0 Å². The molecule has 1 fully saturated rings. The lowest BCUT2D eigenvalue weighted by Gasteiger charge is -2.32. The van der Waals surface area contributed by atoms with Gasteiger partial charge in [0.1, 0.15) is 11.0 Å². The summed E-state index contributed by atoms with van der Waals surface area (Å²) in [7, 11) is 0. The highest BCUT2D eigenvalue weighted by atomic mass is 35.5. The zero-order valence-electron chi connectivity index (χ0n) is 9.57. The first kappa shape index (κ1) is 12.4. The first-order chi connectivity index (χ1) is 8.66. The molecule has 1 saturated heterocycles. The molecule has 0 spiro atoms. The van der Waals surface area contributed by atoms with Gasteiger partial charge in [-0.05, 0) is 18.9 Å². The molecule has 0 amide bonds. The van der Waals surface area contributed by atoms with Crippen molar-refractivity contribution in [3.05, 3.63) is 16.1 Å². The molecule has 2 heterocycles. The molecular weight excluding hydrogens is 291 g/mol. The van der Waals surface area contributed by atoms with Gasteiger partial charge >= 0.3 is 0 Å². The number of anilines is 1. The Balaban J connectivity index is 2.08. The van der Waals surface area contributed by atoms with Crippen LogP contribution in [0.5, 0.6) is 0 Å². The van der Waals surface area contributed by atoms with Crippen LogP contribution in [0.25, 0.3) is 11.0 Å². The second-order valence-electron chi connectivity index (χ2n) is 4.47. The van der Waals surface area contributed by atoms with Gasteiger partial charge in [-0.2, -0.15) is 8.75 Å². The molecule has 0 unspecified atom stereocenters. The van der Waals surface area contributed by atoms with Crippen LogP contribution in [0.4, 0.5) is 5.69 Å². The smallest absolute Gasteiger partial charge is 0.131 e. The molecule has 1 aromatic heterocycles. The Morgan fingerprint density at radius 1 is 1.17 bits per heavy atom. The number of nitrogens with two attached hydrogens (primary N) is 1. The molecule has 18 heavy (non-hydrogen) atoms. The maximum atomic E-state index is 6.31. The number of aromatic nitrogens is 2. The van der Waals surface area contributed by atoms with Crippen LogP contribution in [0.15, 0.2) is 6.07 Å². The van der Waals surface area contributed by atoms with Crippen LogP contribution < -0.4 is 10.6 Å². The van der Waals surface area contributed by atoms with Gasteiger partial charge in [-0.3, -0.25) is 0 Å². The SMILES string of the molecule is NC1CCN(c2c(Cl)cc(Cl)c3nsnc23)CC1. The quantitative estimate of drug-likeness (QED) is 0.880. The zero-order chi connectivity index (χ0) is 12.7. The Labute approximate surface area is 119 Å². The van der Waals surface area contributed by atoms with Crippen LogP contribution in [0.2, 0.25) is 10.0 Å².